The van der Waals surface area contributed by atoms with Crippen molar-refractivity contribution in [2.75, 3.05) is 0 Å². The van der Waals surface area contributed by atoms with E-state index in [2.05, 4.69) is 23.2 Å². The molecule has 1 N–H and O–H groups in total. The second-order valence-electron chi connectivity index (χ2n) is 5.04. The number of benzene rings is 1. The maximum atomic E-state index is 11.1. The summed E-state index contributed by atoms with van der Waals surface area (Å²) in [4.78, 5) is 5.27. The summed E-state index contributed by atoms with van der Waals surface area (Å²) in [5.41, 5.74) is 3.55. The molecule has 1 aliphatic rings. The highest BCUT2D eigenvalue weighted by molar-refractivity contribution is 7.09. The molecule has 2 aromatic rings. The van der Waals surface area contributed by atoms with Gasteiger partial charge in [-0.25, -0.2) is 0 Å². The van der Waals surface area contributed by atoms with Gasteiger partial charge in [0.2, 0.25) is 0 Å². The quantitative estimate of drug-likeness (QED) is 0.839. The Labute approximate surface area is 111 Å². The molecule has 0 saturated heterocycles. The maximum absolute atomic E-state index is 11.1. The standard InChI is InChI=1S/C15H17NOS/c17-15(9-13-10-16-11-18-13)8-4-3-6-12-5-1-2-7-14(12)15/h1-2,5,7,10-11,17H,3-4,6,8-9H2. The van der Waals surface area contributed by atoms with Crippen LogP contribution in [0.3, 0.4) is 0 Å². The molecule has 1 unspecified atom stereocenters. The van der Waals surface area contributed by atoms with Gasteiger partial charge in [-0.3, -0.25) is 4.98 Å². The zero-order valence-electron chi connectivity index (χ0n) is 10.3. The van der Waals surface area contributed by atoms with E-state index in [9.17, 15) is 5.11 Å². The predicted molar refractivity (Wildman–Crippen MR) is 73.7 cm³/mol. The first-order valence-electron chi connectivity index (χ1n) is 6.46. The zero-order valence-corrected chi connectivity index (χ0v) is 11.1. The van der Waals surface area contributed by atoms with E-state index in [0.29, 0.717) is 6.42 Å². The van der Waals surface area contributed by atoms with Crippen molar-refractivity contribution >= 4 is 11.3 Å². The monoisotopic (exact) mass is 259 g/mol. The minimum absolute atomic E-state index is 0.689. The smallest absolute Gasteiger partial charge is 0.0947 e. The molecule has 3 heteroatoms. The molecule has 1 aliphatic carbocycles. The van der Waals surface area contributed by atoms with Crippen molar-refractivity contribution in [3.63, 3.8) is 0 Å². The summed E-state index contributed by atoms with van der Waals surface area (Å²) in [6.07, 6.45) is 6.75. The molecule has 0 spiro atoms. The predicted octanol–water partition coefficient (Wildman–Crippen LogP) is 3.30. The normalized spacial score (nSPS) is 23.4. The second-order valence-corrected chi connectivity index (χ2v) is 6.01. The van der Waals surface area contributed by atoms with Crippen molar-refractivity contribution in [2.45, 2.75) is 37.7 Å². The van der Waals surface area contributed by atoms with E-state index < -0.39 is 5.60 Å². The number of aryl methyl sites for hydroxylation is 1. The lowest BCUT2D eigenvalue weighted by molar-refractivity contribution is 0.0279. The summed E-state index contributed by atoms with van der Waals surface area (Å²) in [6, 6.07) is 8.33. The molecule has 3 rings (SSSR count). The van der Waals surface area contributed by atoms with Crippen molar-refractivity contribution in [3.05, 3.63) is 52.0 Å². The molecule has 0 radical (unpaired) electrons. The van der Waals surface area contributed by atoms with Gasteiger partial charge >= 0.3 is 0 Å². The van der Waals surface area contributed by atoms with Crippen LogP contribution in [0, 0.1) is 0 Å². The first-order valence-corrected chi connectivity index (χ1v) is 7.34. The molecule has 0 saturated carbocycles. The van der Waals surface area contributed by atoms with Gasteiger partial charge in [0.1, 0.15) is 0 Å². The number of fused-ring (bicyclic) bond motifs is 1. The average Bonchev–Trinajstić information content (AvgIpc) is 2.82. The molecule has 1 atom stereocenters. The third-order valence-electron chi connectivity index (χ3n) is 3.76. The lowest BCUT2D eigenvalue weighted by Gasteiger charge is -2.28. The van der Waals surface area contributed by atoms with Crippen LogP contribution in [0.15, 0.2) is 36.0 Å². The van der Waals surface area contributed by atoms with Crippen LogP contribution in [0.1, 0.15) is 35.3 Å². The van der Waals surface area contributed by atoms with Crippen LogP contribution in [0.4, 0.5) is 0 Å². The topological polar surface area (TPSA) is 33.1 Å². The van der Waals surface area contributed by atoms with Gasteiger partial charge in [0.05, 0.1) is 11.1 Å². The summed E-state index contributed by atoms with van der Waals surface area (Å²) >= 11 is 1.63. The number of aromatic nitrogens is 1. The fraction of sp³-hybridized carbons (Fsp3) is 0.400. The first-order chi connectivity index (χ1) is 8.78. The molecule has 1 heterocycles. The Bertz CT molecular complexity index is 523. The van der Waals surface area contributed by atoms with Crippen LogP contribution in [-0.4, -0.2) is 10.1 Å². The fourth-order valence-corrected chi connectivity index (χ4v) is 3.56. The Kier molecular flexibility index (Phi) is 3.18. The third kappa shape index (κ3) is 2.20. The van der Waals surface area contributed by atoms with Gasteiger partial charge < -0.3 is 5.11 Å². The molecule has 1 aromatic heterocycles. The van der Waals surface area contributed by atoms with Crippen molar-refractivity contribution < 1.29 is 5.11 Å². The van der Waals surface area contributed by atoms with Crippen LogP contribution in [-0.2, 0) is 18.4 Å². The van der Waals surface area contributed by atoms with E-state index in [4.69, 9.17) is 0 Å². The van der Waals surface area contributed by atoms with Crippen molar-refractivity contribution in [1.29, 1.82) is 0 Å². The van der Waals surface area contributed by atoms with Crippen molar-refractivity contribution in [3.8, 4) is 0 Å². The van der Waals surface area contributed by atoms with E-state index >= 15 is 0 Å². The van der Waals surface area contributed by atoms with Gasteiger partial charge in [-0.15, -0.1) is 11.3 Å². The molecule has 0 bridgehead atoms. The molecule has 0 aliphatic heterocycles. The van der Waals surface area contributed by atoms with Gasteiger partial charge in [-0.1, -0.05) is 24.3 Å². The Balaban J connectivity index is 1.99. The largest absolute Gasteiger partial charge is 0.385 e. The highest BCUT2D eigenvalue weighted by atomic mass is 32.1. The molecule has 94 valence electrons. The van der Waals surface area contributed by atoms with Crippen LogP contribution in [0.25, 0.3) is 0 Å². The fourth-order valence-electron chi connectivity index (χ4n) is 2.86. The van der Waals surface area contributed by atoms with E-state index in [0.717, 1.165) is 29.7 Å². The Morgan fingerprint density at radius 3 is 3.00 bits per heavy atom. The molecule has 1 aromatic carbocycles. The molecular weight excluding hydrogens is 242 g/mol. The molecule has 18 heavy (non-hydrogen) atoms. The van der Waals surface area contributed by atoms with Gasteiger partial charge in [0, 0.05) is 17.5 Å². The van der Waals surface area contributed by atoms with Crippen LogP contribution in [0.2, 0.25) is 0 Å². The third-order valence-corrected chi connectivity index (χ3v) is 4.53. The van der Waals surface area contributed by atoms with E-state index in [1.54, 1.807) is 11.3 Å². The van der Waals surface area contributed by atoms with Gasteiger partial charge in [0.25, 0.3) is 0 Å². The SMILES string of the molecule is OC1(Cc2cncs2)CCCCc2ccccc21. The summed E-state index contributed by atoms with van der Waals surface area (Å²) in [6.45, 7) is 0. The zero-order chi connectivity index (χ0) is 12.4. The van der Waals surface area contributed by atoms with Crippen LogP contribution >= 0.6 is 11.3 Å². The highest BCUT2D eigenvalue weighted by Crippen LogP contribution is 2.37. The van der Waals surface area contributed by atoms with Gasteiger partial charge in [0.15, 0.2) is 0 Å². The van der Waals surface area contributed by atoms with Gasteiger partial charge in [-0.2, -0.15) is 0 Å². The molecular formula is C15H17NOS. The number of rotatable bonds is 2. The Hall–Kier alpha value is -1.19. The summed E-state index contributed by atoms with van der Waals surface area (Å²) in [5.74, 6) is 0. The van der Waals surface area contributed by atoms with E-state index in [1.165, 1.54) is 12.0 Å². The molecule has 0 fully saturated rings. The van der Waals surface area contributed by atoms with Crippen molar-refractivity contribution in [2.24, 2.45) is 0 Å². The minimum Gasteiger partial charge on any atom is -0.385 e. The van der Waals surface area contributed by atoms with E-state index in [1.807, 2.05) is 17.8 Å². The Morgan fingerprint density at radius 2 is 2.17 bits per heavy atom. The summed E-state index contributed by atoms with van der Waals surface area (Å²) in [5, 5.41) is 11.1. The number of thiazole rings is 1. The second kappa shape index (κ2) is 4.82. The number of hydrogen-bond donors (Lipinski definition) is 1. The van der Waals surface area contributed by atoms with Crippen LogP contribution < -0.4 is 0 Å². The van der Waals surface area contributed by atoms with Crippen LogP contribution in [0.5, 0.6) is 0 Å². The summed E-state index contributed by atoms with van der Waals surface area (Å²) < 4.78 is 0. The lowest BCUT2D eigenvalue weighted by Crippen LogP contribution is -2.28. The highest BCUT2D eigenvalue weighted by Gasteiger charge is 2.33. The molecule has 2 nitrogen and oxygen atoms in total. The lowest BCUT2D eigenvalue weighted by atomic mass is 9.85. The van der Waals surface area contributed by atoms with Crippen molar-refractivity contribution in [1.82, 2.24) is 4.98 Å². The minimum atomic E-state index is -0.709. The number of aliphatic hydroxyl groups is 1. The average molecular weight is 259 g/mol. The number of nitrogens with zero attached hydrogens (tertiary/aromatic N) is 1. The number of hydrogen-bond acceptors (Lipinski definition) is 3. The summed E-state index contributed by atoms with van der Waals surface area (Å²) in [7, 11) is 0. The maximum Gasteiger partial charge on any atom is 0.0947 e. The molecule has 0 amide bonds. The van der Waals surface area contributed by atoms with Gasteiger partial charge in [-0.05, 0) is 36.8 Å². The van der Waals surface area contributed by atoms with E-state index in [-0.39, 0.29) is 0 Å². The Morgan fingerprint density at radius 1 is 1.28 bits per heavy atom. The first kappa shape index (κ1) is 11.9.